The molecule has 0 spiro atoms. The zero-order chi connectivity index (χ0) is 49.1. The Kier molecular flexibility index (Phi) is 16.4. The van der Waals surface area contributed by atoms with Crippen molar-refractivity contribution in [3.63, 3.8) is 0 Å². The van der Waals surface area contributed by atoms with Crippen molar-refractivity contribution in [1.82, 2.24) is 34.6 Å². The Hall–Kier alpha value is -7.20. The third-order valence-electron chi connectivity index (χ3n) is 12.5. The van der Waals surface area contributed by atoms with E-state index >= 15 is 0 Å². The van der Waals surface area contributed by atoms with Gasteiger partial charge in [-0.15, -0.1) is 0 Å². The van der Waals surface area contributed by atoms with Crippen molar-refractivity contribution in [2.75, 3.05) is 51.8 Å². The third-order valence-corrected chi connectivity index (χ3v) is 12.5. The second kappa shape index (κ2) is 22.7. The number of nitrogens with one attached hydrogen (secondary N) is 1. The Labute approximate surface area is 403 Å². The van der Waals surface area contributed by atoms with E-state index in [1.165, 1.54) is 13.5 Å². The fraction of sp³-hybridized carbons (Fsp3) is 0.396. The number of hydrogen-bond donors (Lipinski definition) is 1. The van der Waals surface area contributed by atoms with Gasteiger partial charge in [0.15, 0.2) is 0 Å². The normalized spacial score (nSPS) is 14.5. The smallest absolute Gasteiger partial charge is 0.419 e. The molecule has 6 aromatic rings. The highest BCUT2D eigenvalue weighted by Crippen LogP contribution is 2.34. The van der Waals surface area contributed by atoms with Gasteiger partial charge >= 0.3 is 6.09 Å². The number of carbonyl (C=O) groups excluding carboxylic acids is 5. The maximum atomic E-state index is 13.2. The Morgan fingerprint density at radius 2 is 1.67 bits per heavy atom. The minimum Gasteiger partial charge on any atom is -0.495 e. The van der Waals surface area contributed by atoms with Crippen molar-refractivity contribution in [2.24, 2.45) is 0 Å². The van der Waals surface area contributed by atoms with Crippen molar-refractivity contribution < 1.29 is 38.2 Å². The number of anilines is 1. The van der Waals surface area contributed by atoms with Crippen LogP contribution in [0, 0.1) is 6.92 Å². The molecule has 362 valence electrons. The molecule has 1 unspecified atom stereocenters. The molecule has 1 saturated heterocycles. The summed E-state index contributed by atoms with van der Waals surface area (Å²) in [4.78, 5) is 79.9. The summed E-state index contributed by atoms with van der Waals surface area (Å²) in [5, 5.41) is 4.33. The number of rotatable bonds is 16. The number of pyridine rings is 3. The molecular formula is C53H62N8O8. The minimum absolute atomic E-state index is 0.0674. The van der Waals surface area contributed by atoms with Crippen LogP contribution in [0.15, 0.2) is 91.5 Å². The molecule has 4 aromatic heterocycles. The summed E-state index contributed by atoms with van der Waals surface area (Å²) in [7, 11) is 3.07. The summed E-state index contributed by atoms with van der Waals surface area (Å²) in [5.74, 6) is 0.379. The van der Waals surface area contributed by atoms with Gasteiger partial charge in [0.2, 0.25) is 18.2 Å². The second-order valence-corrected chi connectivity index (χ2v) is 18.3. The SMILES string of the molecule is CC(C)(C)OC(=O)n1c2ccncc2c2ccc(-c3ccc(OC4CCC4)nc3)cc21.CNC(=O)C(CCC=O)N(C=O)C(=O)c1ccc(N2CCN(CCCc3ccc(OC)cn3)CC2)cc1C. The molecule has 16 heteroatoms. The Morgan fingerprint density at radius 1 is 0.884 bits per heavy atom. The molecule has 1 aliphatic heterocycles. The van der Waals surface area contributed by atoms with E-state index in [0.29, 0.717) is 30.2 Å². The molecule has 1 saturated carbocycles. The van der Waals surface area contributed by atoms with Gasteiger partial charge in [-0.3, -0.25) is 34.2 Å². The largest absolute Gasteiger partial charge is 0.495 e. The maximum absolute atomic E-state index is 13.2. The number of methoxy groups -OCH3 is 1. The Morgan fingerprint density at radius 3 is 2.29 bits per heavy atom. The van der Waals surface area contributed by atoms with E-state index in [4.69, 9.17) is 14.2 Å². The molecule has 1 N–H and O–H groups in total. The average molecular weight is 939 g/mol. The number of hydrogen-bond acceptors (Lipinski definition) is 13. The summed E-state index contributed by atoms with van der Waals surface area (Å²) in [6, 6.07) is 20.3. The van der Waals surface area contributed by atoms with Gasteiger partial charge in [0.1, 0.15) is 29.8 Å². The van der Waals surface area contributed by atoms with Gasteiger partial charge in [0, 0.05) is 97.6 Å². The Balaban J connectivity index is 0.000000207. The highest BCUT2D eigenvalue weighted by molar-refractivity contribution is 6.13. The first-order valence-corrected chi connectivity index (χ1v) is 23.6. The Bertz CT molecular complexity index is 2740. The molecule has 2 aromatic carbocycles. The predicted molar refractivity (Wildman–Crippen MR) is 265 cm³/mol. The fourth-order valence-corrected chi connectivity index (χ4v) is 8.50. The van der Waals surface area contributed by atoms with Crippen molar-refractivity contribution in [3.8, 4) is 22.8 Å². The van der Waals surface area contributed by atoms with Crippen molar-refractivity contribution in [1.29, 1.82) is 0 Å². The number of nitrogens with zero attached hydrogens (tertiary/aromatic N) is 7. The summed E-state index contributed by atoms with van der Waals surface area (Å²) >= 11 is 0. The van der Waals surface area contributed by atoms with E-state index in [1.54, 1.807) is 36.3 Å². The van der Waals surface area contributed by atoms with Gasteiger partial charge < -0.3 is 29.2 Å². The monoisotopic (exact) mass is 938 g/mol. The lowest BCUT2D eigenvalue weighted by atomic mass is 9.96. The van der Waals surface area contributed by atoms with E-state index in [2.05, 4.69) is 30.1 Å². The number of carbonyl (C=O) groups is 5. The van der Waals surface area contributed by atoms with Crippen LogP contribution < -0.4 is 19.7 Å². The number of piperazine rings is 1. The van der Waals surface area contributed by atoms with Crippen LogP contribution >= 0.6 is 0 Å². The first kappa shape index (κ1) is 49.7. The van der Waals surface area contributed by atoms with Crippen LogP contribution in [0.1, 0.15) is 80.9 Å². The van der Waals surface area contributed by atoms with Gasteiger partial charge in [0.25, 0.3) is 5.91 Å². The number of fused-ring (bicyclic) bond motifs is 3. The number of likely N-dealkylation sites (N-methyl/N-ethyl adjacent to an activating group) is 1. The minimum atomic E-state index is -1.04. The molecule has 1 aliphatic carbocycles. The van der Waals surface area contributed by atoms with E-state index < -0.39 is 29.6 Å². The van der Waals surface area contributed by atoms with Crippen LogP contribution in [0.25, 0.3) is 32.9 Å². The molecular weight excluding hydrogens is 877 g/mol. The second-order valence-electron chi connectivity index (χ2n) is 18.3. The van der Waals surface area contributed by atoms with Crippen LogP contribution in [-0.2, 0) is 25.5 Å². The standard InChI is InChI=1S/C28H37N5O5.C25H25N3O3/c1-21-18-23(9-11-25(21)28(37)33(20-35)26(7-5-17-34)27(36)29-2)32-15-13-31(14-16-32)12-4-6-22-8-10-24(38-3)19-30-22;1-25(2,3)31-24(29)28-21-11-12-26-15-20(21)19-9-7-16(13-22(19)28)17-8-10-23(27-14-17)30-18-5-4-6-18/h8-11,17-20,26H,4-7,12-16H2,1-3H3,(H,29,36);7-15,18H,4-6H2,1-3H3. The zero-order valence-corrected chi connectivity index (χ0v) is 40.4. The summed E-state index contributed by atoms with van der Waals surface area (Å²) in [6.07, 6.45) is 13.5. The predicted octanol–water partition coefficient (Wildman–Crippen LogP) is 7.81. The van der Waals surface area contributed by atoms with Crippen LogP contribution in [0.4, 0.5) is 10.5 Å². The van der Waals surface area contributed by atoms with Gasteiger partial charge in [-0.2, -0.15) is 0 Å². The van der Waals surface area contributed by atoms with Crippen molar-refractivity contribution in [2.45, 2.75) is 90.4 Å². The number of ether oxygens (including phenoxy) is 3. The summed E-state index contributed by atoms with van der Waals surface area (Å²) in [6.45, 7) is 12.1. The molecule has 16 nitrogen and oxygen atoms in total. The van der Waals surface area contributed by atoms with Crippen LogP contribution in [0.3, 0.4) is 0 Å². The van der Waals surface area contributed by atoms with Crippen LogP contribution in [0.2, 0.25) is 0 Å². The lowest BCUT2D eigenvalue weighted by Crippen LogP contribution is -2.48. The number of aromatic nitrogens is 4. The highest BCUT2D eigenvalue weighted by atomic mass is 16.6. The summed E-state index contributed by atoms with van der Waals surface area (Å²) < 4.78 is 18.3. The topological polar surface area (TPSA) is 178 Å². The number of benzene rings is 2. The molecule has 1 atom stereocenters. The molecule has 2 fully saturated rings. The summed E-state index contributed by atoms with van der Waals surface area (Å²) in [5.41, 5.74) is 6.05. The molecule has 0 bridgehead atoms. The molecule has 8 rings (SSSR count). The van der Waals surface area contributed by atoms with Crippen LogP contribution in [0.5, 0.6) is 11.6 Å². The molecule has 5 heterocycles. The average Bonchev–Trinajstić information content (AvgIpc) is 3.68. The maximum Gasteiger partial charge on any atom is 0.419 e. The van der Waals surface area contributed by atoms with E-state index in [9.17, 15) is 24.0 Å². The van der Waals surface area contributed by atoms with Gasteiger partial charge in [-0.25, -0.2) is 14.3 Å². The molecule has 0 radical (unpaired) electrons. The van der Waals surface area contributed by atoms with Gasteiger partial charge in [-0.1, -0.05) is 12.1 Å². The third kappa shape index (κ3) is 12.3. The number of amides is 3. The van der Waals surface area contributed by atoms with Gasteiger partial charge in [-0.05, 0) is 132 Å². The number of imide groups is 1. The van der Waals surface area contributed by atoms with E-state index in [-0.39, 0.29) is 12.8 Å². The lowest BCUT2D eigenvalue weighted by molar-refractivity contribution is -0.131. The molecule has 69 heavy (non-hydrogen) atoms. The van der Waals surface area contributed by atoms with Crippen molar-refractivity contribution in [3.05, 3.63) is 108 Å². The fourth-order valence-electron chi connectivity index (χ4n) is 8.50. The van der Waals surface area contributed by atoms with Crippen molar-refractivity contribution >= 4 is 58.1 Å². The van der Waals surface area contributed by atoms with E-state index in [1.807, 2.05) is 94.6 Å². The number of aldehydes is 1. The van der Waals surface area contributed by atoms with Gasteiger partial charge in [0.05, 0.1) is 24.3 Å². The molecule has 2 aliphatic rings. The highest BCUT2D eigenvalue weighted by Gasteiger charge is 2.31. The lowest BCUT2D eigenvalue weighted by Gasteiger charge is -2.36. The number of aryl methyl sites for hydroxylation is 2. The van der Waals surface area contributed by atoms with E-state index in [0.717, 1.165) is 119 Å². The van der Waals surface area contributed by atoms with Crippen LogP contribution in [-0.4, -0.2) is 125 Å². The zero-order valence-electron chi connectivity index (χ0n) is 40.4. The molecule has 3 amide bonds. The quantitative estimate of drug-likeness (QED) is 0.0931. The first-order chi connectivity index (χ1) is 33.3. The first-order valence-electron chi connectivity index (χ1n) is 23.6.